The van der Waals surface area contributed by atoms with Gasteiger partial charge in [-0.1, -0.05) is 18.2 Å². The molecule has 1 aliphatic rings. The van der Waals surface area contributed by atoms with E-state index < -0.39 is 11.6 Å². The predicted molar refractivity (Wildman–Crippen MR) is 141 cm³/mol. The number of fused-ring (bicyclic) bond motifs is 1. The van der Waals surface area contributed by atoms with Crippen molar-refractivity contribution in [3.63, 3.8) is 0 Å². The van der Waals surface area contributed by atoms with Crippen molar-refractivity contribution < 1.29 is 13.5 Å². The minimum Gasteiger partial charge on any atom is -0.494 e. The average molecular weight is 514 g/mol. The molecule has 0 spiro atoms. The molecule has 1 fully saturated rings. The lowest BCUT2D eigenvalue weighted by Crippen LogP contribution is -2.40. The van der Waals surface area contributed by atoms with Crippen LogP contribution < -0.4 is 15.4 Å². The molecule has 6 rings (SSSR count). The highest BCUT2D eigenvalue weighted by atomic mass is 19.1. The zero-order valence-corrected chi connectivity index (χ0v) is 20.7. The van der Waals surface area contributed by atoms with Crippen molar-refractivity contribution in [1.82, 2.24) is 30.0 Å². The van der Waals surface area contributed by atoms with Gasteiger partial charge < -0.3 is 15.4 Å². The molecule has 2 N–H and O–H groups in total. The molecule has 0 atom stereocenters. The van der Waals surface area contributed by atoms with E-state index in [0.29, 0.717) is 29.9 Å². The first kappa shape index (κ1) is 23.9. The second kappa shape index (κ2) is 10.1. The Bertz CT molecular complexity index is 1580. The summed E-state index contributed by atoms with van der Waals surface area (Å²) in [6.07, 6.45) is 5.25. The van der Waals surface area contributed by atoms with Gasteiger partial charge in [0.2, 0.25) is 0 Å². The number of nitrogens with zero attached hydrogens (tertiary/aromatic N) is 5. The molecule has 0 bridgehead atoms. The van der Waals surface area contributed by atoms with Gasteiger partial charge in [0.25, 0.3) is 0 Å². The lowest BCUT2D eigenvalue weighted by Gasteiger charge is -2.28. The monoisotopic (exact) mass is 513 g/mol. The van der Waals surface area contributed by atoms with Crippen molar-refractivity contribution in [1.29, 1.82) is 0 Å². The number of anilines is 2. The van der Waals surface area contributed by atoms with Crippen LogP contribution in [-0.2, 0) is 6.54 Å². The third-order valence-corrected chi connectivity index (χ3v) is 6.58. The number of hydrogen-bond donors (Lipinski definition) is 2. The van der Waals surface area contributed by atoms with Crippen LogP contribution in [0.2, 0.25) is 0 Å². The Labute approximate surface area is 217 Å². The van der Waals surface area contributed by atoms with Gasteiger partial charge in [-0.3, -0.25) is 9.67 Å². The zero-order valence-electron chi connectivity index (χ0n) is 20.7. The average Bonchev–Trinajstić information content (AvgIpc) is 3.25. The first-order valence-corrected chi connectivity index (χ1v) is 12.4. The largest absolute Gasteiger partial charge is 0.494 e. The number of pyridine rings is 1. The van der Waals surface area contributed by atoms with Crippen LogP contribution in [0.5, 0.6) is 5.75 Å². The molecule has 3 aromatic heterocycles. The van der Waals surface area contributed by atoms with Gasteiger partial charge in [-0.25, -0.2) is 18.7 Å². The van der Waals surface area contributed by atoms with Gasteiger partial charge in [0.1, 0.15) is 28.9 Å². The number of ether oxygens (including phenoxy) is 1. The molecule has 8 nitrogen and oxygen atoms in total. The fourth-order valence-electron chi connectivity index (χ4n) is 4.53. The maximum atomic E-state index is 14.9. The normalized spacial score (nSPS) is 13.4. The van der Waals surface area contributed by atoms with Crippen molar-refractivity contribution in [2.75, 3.05) is 25.0 Å². The van der Waals surface area contributed by atoms with Crippen molar-refractivity contribution in [3.8, 4) is 17.3 Å². The standard InChI is InChI=1S/C28H25F2N7O/c1-2-38-19-11-23(29)22(24(30)12-19)16-37-25-6-4-3-5-20(25)26(36-37)28-33-15-21(17-13-32-14-17)27(35-28)34-18-7-9-31-10-8-18/h3-12,15,17,32H,2,13-14,16H2,1H3,(H,31,33,34,35). The van der Waals surface area contributed by atoms with Crippen LogP contribution in [0.3, 0.4) is 0 Å². The summed E-state index contributed by atoms with van der Waals surface area (Å²) in [6, 6.07) is 13.6. The second-order valence-electron chi connectivity index (χ2n) is 9.04. The highest BCUT2D eigenvalue weighted by Crippen LogP contribution is 2.32. The topological polar surface area (TPSA) is 89.8 Å². The van der Waals surface area contributed by atoms with E-state index >= 15 is 0 Å². The number of benzene rings is 2. The molecular weight excluding hydrogens is 488 g/mol. The summed E-state index contributed by atoms with van der Waals surface area (Å²) < 4.78 is 36.6. The van der Waals surface area contributed by atoms with Crippen LogP contribution in [0.15, 0.2) is 67.1 Å². The van der Waals surface area contributed by atoms with Crippen molar-refractivity contribution in [2.24, 2.45) is 0 Å². The summed E-state index contributed by atoms with van der Waals surface area (Å²) in [5.74, 6) is 0.186. The Hall–Kier alpha value is -4.44. The summed E-state index contributed by atoms with van der Waals surface area (Å²) in [6.45, 7) is 3.68. The molecule has 10 heteroatoms. The summed E-state index contributed by atoms with van der Waals surface area (Å²) >= 11 is 0. The molecule has 4 heterocycles. The number of nitrogens with one attached hydrogen (secondary N) is 2. The third kappa shape index (κ3) is 4.54. The van der Waals surface area contributed by atoms with Crippen molar-refractivity contribution in [2.45, 2.75) is 19.4 Å². The molecular formula is C28H25F2N7O. The van der Waals surface area contributed by atoms with Gasteiger partial charge >= 0.3 is 0 Å². The smallest absolute Gasteiger partial charge is 0.182 e. The van der Waals surface area contributed by atoms with E-state index in [1.807, 2.05) is 42.6 Å². The van der Waals surface area contributed by atoms with Gasteiger partial charge in [0.15, 0.2) is 5.82 Å². The quantitative estimate of drug-likeness (QED) is 0.300. The molecule has 38 heavy (non-hydrogen) atoms. The molecule has 0 radical (unpaired) electrons. The molecule has 1 aliphatic heterocycles. The SMILES string of the molecule is CCOc1cc(F)c(Cn2nc(-c3ncc(C4CNC4)c(Nc4ccncc4)n3)c3ccccc32)c(F)c1. The Morgan fingerprint density at radius 1 is 1.08 bits per heavy atom. The van der Waals surface area contributed by atoms with Gasteiger partial charge in [-0.05, 0) is 25.1 Å². The molecule has 2 aromatic carbocycles. The second-order valence-corrected chi connectivity index (χ2v) is 9.04. The van der Waals surface area contributed by atoms with Gasteiger partial charge in [-0.15, -0.1) is 0 Å². The minimum absolute atomic E-state index is 0.0953. The van der Waals surface area contributed by atoms with Crippen molar-refractivity contribution >= 4 is 22.4 Å². The third-order valence-electron chi connectivity index (χ3n) is 6.58. The number of para-hydroxylation sites is 1. The fraction of sp³-hybridized carbons (Fsp3) is 0.214. The summed E-state index contributed by atoms with van der Waals surface area (Å²) in [5.41, 5.74) is 3.02. The van der Waals surface area contributed by atoms with Crippen LogP contribution in [0.25, 0.3) is 22.4 Å². The maximum Gasteiger partial charge on any atom is 0.182 e. The number of rotatable bonds is 8. The summed E-state index contributed by atoms with van der Waals surface area (Å²) in [7, 11) is 0. The van der Waals surface area contributed by atoms with Crippen LogP contribution in [0.4, 0.5) is 20.3 Å². The number of hydrogen-bond acceptors (Lipinski definition) is 7. The predicted octanol–water partition coefficient (Wildman–Crippen LogP) is 5.04. The molecule has 0 aliphatic carbocycles. The van der Waals surface area contributed by atoms with E-state index in [-0.39, 0.29) is 17.9 Å². The van der Waals surface area contributed by atoms with Gasteiger partial charge in [-0.2, -0.15) is 5.10 Å². The maximum absolute atomic E-state index is 14.9. The van der Waals surface area contributed by atoms with Gasteiger partial charge in [0.05, 0.1) is 18.7 Å². The Morgan fingerprint density at radius 3 is 2.55 bits per heavy atom. The highest BCUT2D eigenvalue weighted by Gasteiger charge is 2.25. The highest BCUT2D eigenvalue weighted by molar-refractivity contribution is 5.92. The zero-order chi connectivity index (χ0) is 26.1. The molecule has 5 aromatic rings. The van der Waals surface area contributed by atoms with E-state index in [4.69, 9.17) is 14.8 Å². The first-order chi connectivity index (χ1) is 18.6. The molecule has 0 unspecified atom stereocenters. The Balaban J connectivity index is 1.41. The summed E-state index contributed by atoms with van der Waals surface area (Å²) in [4.78, 5) is 13.6. The number of aromatic nitrogens is 5. The van der Waals surface area contributed by atoms with Crippen LogP contribution in [0, 0.1) is 11.6 Å². The van der Waals surface area contributed by atoms with E-state index in [9.17, 15) is 8.78 Å². The van der Waals surface area contributed by atoms with Crippen LogP contribution in [-0.4, -0.2) is 44.4 Å². The molecule has 192 valence electrons. The Kier molecular flexibility index (Phi) is 6.38. The van der Waals surface area contributed by atoms with Crippen molar-refractivity contribution in [3.05, 3.63) is 89.9 Å². The Morgan fingerprint density at radius 2 is 1.84 bits per heavy atom. The van der Waals surface area contributed by atoms with E-state index in [1.54, 1.807) is 24.0 Å². The van der Waals surface area contributed by atoms with Gasteiger partial charge in [0, 0.05) is 71.9 Å². The lowest BCUT2D eigenvalue weighted by atomic mass is 9.95. The lowest BCUT2D eigenvalue weighted by molar-refractivity contribution is 0.335. The molecule has 1 saturated heterocycles. The van der Waals surface area contributed by atoms with Crippen LogP contribution >= 0.6 is 0 Å². The van der Waals surface area contributed by atoms with Crippen LogP contribution in [0.1, 0.15) is 24.0 Å². The van der Waals surface area contributed by atoms with E-state index in [2.05, 4.69) is 20.6 Å². The fourth-order valence-corrected chi connectivity index (χ4v) is 4.53. The molecule has 0 saturated carbocycles. The molecule has 0 amide bonds. The van der Waals surface area contributed by atoms with E-state index in [0.717, 1.165) is 35.2 Å². The van der Waals surface area contributed by atoms with E-state index in [1.165, 1.54) is 12.1 Å². The first-order valence-electron chi connectivity index (χ1n) is 12.4. The number of halogens is 2. The minimum atomic E-state index is -0.687. The summed E-state index contributed by atoms with van der Waals surface area (Å²) in [5, 5.41) is 12.2.